The van der Waals surface area contributed by atoms with Crippen molar-refractivity contribution in [3.8, 4) is 0 Å². The summed E-state index contributed by atoms with van der Waals surface area (Å²) in [6.45, 7) is 3.60. The topological polar surface area (TPSA) is 43.4 Å². The number of rotatable bonds is 3. The number of halogens is 2. The van der Waals surface area contributed by atoms with Crippen molar-refractivity contribution in [2.45, 2.75) is 26.3 Å². The minimum Gasteiger partial charge on any atom is -0.530 e. The number of amides is 1. The maximum Gasteiger partial charge on any atom is 0.141 e. The first-order chi connectivity index (χ1) is 7.47. The third kappa shape index (κ3) is 2.72. The highest BCUT2D eigenvalue weighted by molar-refractivity contribution is 9.10. The second-order valence-corrected chi connectivity index (χ2v) is 4.35. The van der Waals surface area contributed by atoms with Crippen molar-refractivity contribution in [2.75, 3.05) is 4.90 Å². The molecular weight excluding hydrogens is 277 g/mol. The van der Waals surface area contributed by atoms with Crippen LogP contribution in [0.4, 0.5) is 14.9 Å². The van der Waals surface area contributed by atoms with E-state index in [0.717, 1.165) is 4.90 Å². The molecule has 0 aliphatic heterocycles. The zero-order valence-electron chi connectivity index (χ0n) is 9.04. The van der Waals surface area contributed by atoms with Gasteiger partial charge in [-0.3, -0.25) is 0 Å². The molecule has 0 aliphatic carbocycles. The molecule has 1 unspecified atom stereocenters. The van der Waals surface area contributed by atoms with Crippen LogP contribution in [0.2, 0.25) is 0 Å². The number of hydrogen-bond acceptors (Lipinski definition) is 2. The summed E-state index contributed by atoms with van der Waals surface area (Å²) in [5, 5.41) is 11.0. The van der Waals surface area contributed by atoms with E-state index in [1.165, 1.54) is 18.2 Å². The molecule has 0 spiro atoms. The fourth-order valence-corrected chi connectivity index (χ4v) is 1.60. The van der Waals surface area contributed by atoms with Crippen molar-refractivity contribution in [3.05, 3.63) is 28.5 Å². The Labute approximate surface area is 102 Å². The van der Waals surface area contributed by atoms with Crippen molar-refractivity contribution in [2.24, 2.45) is 0 Å². The Morgan fingerprint density at radius 1 is 1.62 bits per heavy atom. The standard InChI is InChI=1S/C11H13BrFNO2/c1-3-7(2)14(11(15)16)8-4-5-9(12)10(13)6-8/h4-7H,3H2,1-2H3,(H,15,16)/p-1. The number of hydrogen-bond donors (Lipinski definition) is 0. The van der Waals surface area contributed by atoms with Crippen LogP contribution in [-0.2, 0) is 0 Å². The summed E-state index contributed by atoms with van der Waals surface area (Å²) >= 11 is 3.01. The van der Waals surface area contributed by atoms with Crippen molar-refractivity contribution in [1.82, 2.24) is 0 Å². The van der Waals surface area contributed by atoms with E-state index in [-0.39, 0.29) is 11.7 Å². The highest BCUT2D eigenvalue weighted by Gasteiger charge is 2.15. The van der Waals surface area contributed by atoms with Gasteiger partial charge in [0.05, 0.1) is 4.47 Å². The lowest BCUT2D eigenvalue weighted by Gasteiger charge is -2.31. The molecule has 1 aromatic carbocycles. The summed E-state index contributed by atoms with van der Waals surface area (Å²) in [5.74, 6) is -0.493. The van der Waals surface area contributed by atoms with Gasteiger partial charge >= 0.3 is 0 Å². The van der Waals surface area contributed by atoms with Crippen LogP contribution in [0.1, 0.15) is 20.3 Å². The summed E-state index contributed by atoms with van der Waals surface area (Å²) in [5.41, 5.74) is 0.287. The summed E-state index contributed by atoms with van der Waals surface area (Å²) in [6.07, 6.45) is -0.692. The van der Waals surface area contributed by atoms with E-state index in [0.29, 0.717) is 10.9 Å². The molecule has 1 atom stereocenters. The summed E-state index contributed by atoms with van der Waals surface area (Å²) < 4.78 is 13.6. The first-order valence-corrected chi connectivity index (χ1v) is 5.72. The Morgan fingerprint density at radius 2 is 2.25 bits per heavy atom. The first-order valence-electron chi connectivity index (χ1n) is 4.92. The van der Waals surface area contributed by atoms with Crippen molar-refractivity contribution < 1.29 is 14.3 Å². The van der Waals surface area contributed by atoms with Crippen LogP contribution >= 0.6 is 15.9 Å². The van der Waals surface area contributed by atoms with Gasteiger partial charge in [0, 0.05) is 11.7 Å². The average Bonchev–Trinajstić information content (AvgIpc) is 2.22. The van der Waals surface area contributed by atoms with E-state index in [4.69, 9.17) is 0 Å². The molecule has 0 fully saturated rings. The van der Waals surface area contributed by atoms with Gasteiger partial charge in [0.15, 0.2) is 0 Å². The summed E-state index contributed by atoms with van der Waals surface area (Å²) in [6, 6.07) is 3.94. The van der Waals surface area contributed by atoms with Gasteiger partial charge < -0.3 is 14.8 Å². The van der Waals surface area contributed by atoms with Gasteiger partial charge in [0.2, 0.25) is 0 Å². The number of carboxylic acid groups (broad SMARTS) is 1. The highest BCUT2D eigenvalue weighted by Crippen LogP contribution is 2.24. The molecule has 0 N–H and O–H groups in total. The molecule has 0 aromatic heterocycles. The largest absolute Gasteiger partial charge is 0.530 e. The molecule has 1 rings (SSSR count). The predicted molar refractivity (Wildman–Crippen MR) is 61.7 cm³/mol. The molecule has 1 aromatic rings. The third-order valence-corrected chi connectivity index (χ3v) is 3.05. The van der Waals surface area contributed by atoms with Crippen LogP contribution in [0.5, 0.6) is 0 Å². The van der Waals surface area contributed by atoms with Crippen molar-refractivity contribution >= 4 is 27.7 Å². The fraction of sp³-hybridized carbons (Fsp3) is 0.364. The smallest absolute Gasteiger partial charge is 0.141 e. The molecule has 3 nitrogen and oxygen atoms in total. The fourth-order valence-electron chi connectivity index (χ4n) is 1.36. The van der Waals surface area contributed by atoms with Crippen LogP contribution in [0.3, 0.4) is 0 Å². The van der Waals surface area contributed by atoms with E-state index < -0.39 is 11.9 Å². The van der Waals surface area contributed by atoms with Gasteiger partial charge in [-0.25, -0.2) is 4.39 Å². The molecule has 0 saturated heterocycles. The molecule has 0 bridgehead atoms. The van der Waals surface area contributed by atoms with Gasteiger partial charge in [0.25, 0.3) is 0 Å². The quantitative estimate of drug-likeness (QED) is 0.858. The molecule has 1 amide bonds. The summed E-state index contributed by atoms with van der Waals surface area (Å²) in [4.78, 5) is 12.0. The van der Waals surface area contributed by atoms with E-state index in [2.05, 4.69) is 15.9 Å². The Bertz CT molecular complexity index is 398. The Kier molecular flexibility index (Phi) is 4.29. The lowest BCUT2D eigenvalue weighted by atomic mass is 10.2. The molecule has 88 valence electrons. The first kappa shape index (κ1) is 13.0. The number of nitrogens with zero attached hydrogens (tertiary/aromatic N) is 1. The number of carbonyl (C=O) groups excluding carboxylic acids is 1. The van der Waals surface area contributed by atoms with E-state index >= 15 is 0 Å². The van der Waals surface area contributed by atoms with Crippen molar-refractivity contribution in [1.29, 1.82) is 0 Å². The molecule has 0 aliphatic rings. The van der Waals surface area contributed by atoms with Crippen LogP contribution in [0.15, 0.2) is 22.7 Å². The average molecular weight is 289 g/mol. The molecule has 0 saturated carbocycles. The highest BCUT2D eigenvalue weighted by atomic mass is 79.9. The SMILES string of the molecule is CCC(C)N(C(=O)[O-])c1ccc(Br)c(F)c1. The minimum absolute atomic E-state index is 0.245. The molecular formula is C11H12BrFNO2-. The minimum atomic E-state index is -1.32. The summed E-state index contributed by atoms with van der Waals surface area (Å²) in [7, 11) is 0. The van der Waals surface area contributed by atoms with Gasteiger partial charge in [-0.15, -0.1) is 0 Å². The molecule has 16 heavy (non-hydrogen) atoms. The second kappa shape index (κ2) is 5.30. The Morgan fingerprint density at radius 3 is 2.69 bits per heavy atom. The Hall–Kier alpha value is -1.10. The van der Waals surface area contributed by atoms with Gasteiger partial charge in [-0.05, 0) is 47.5 Å². The van der Waals surface area contributed by atoms with Crippen LogP contribution in [0, 0.1) is 5.82 Å². The van der Waals surface area contributed by atoms with Gasteiger partial charge in [-0.2, -0.15) is 0 Å². The molecule has 0 heterocycles. The second-order valence-electron chi connectivity index (χ2n) is 3.49. The maximum atomic E-state index is 13.3. The monoisotopic (exact) mass is 288 g/mol. The lowest BCUT2D eigenvalue weighted by molar-refractivity contribution is -0.247. The van der Waals surface area contributed by atoms with E-state index in [1.807, 2.05) is 6.92 Å². The van der Waals surface area contributed by atoms with Gasteiger partial charge in [0.1, 0.15) is 11.9 Å². The van der Waals surface area contributed by atoms with Gasteiger partial charge in [-0.1, -0.05) is 6.92 Å². The molecule has 5 heteroatoms. The maximum absolute atomic E-state index is 13.3. The lowest BCUT2D eigenvalue weighted by Crippen LogP contribution is -2.46. The number of anilines is 1. The van der Waals surface area contributed by atoms with Crippen LogP contribution < -0.4 is 10.0 Å². The molecule has 0 radical (unpaired) electrons. The van der Waals surface area contributed by atoms with Crippen LogP contribution in [0.25, 0.3) is 0 Å². The van der Waals surface area contributed by atoms with E-state index in [1.54, 1.807) is 6.92 Å². The predicted octanol–water partition coefficient (Wildman–Crippen LogP) is 2.54. The normalized spacial score (nSPS) is 12.2. The Balaban J connectivity index is 3.11. The van der Waals surface area contributed by atoms with Crippen molar-refractivity contribution in [3.63, 3.8) is 0 Å². The zero-order valence-corrected chi connectivity index (χ0v) is 10.6. The zero-order chi connectivity index (χ0) is 12.3. The van der Waals surface area contributed by atoms with Crippen LogP contribution in [-0.4, -0.2) is 12.1 Å². The van der Waals surface area contributed by atoms with E-state index in [9.17, 15) is 14.3 Å². The number of benzene rings is 1. The number of carbonyl (C=O) groups is 1. The third-order valence-electron chi connectivity index (χ3n) is 2.41.